The number of hydrogen-bond acceptors (Lipinski definition) is 5. The predicted octanol–water partition coefficient (Wildman–Crippen LogP) is 2.20. The molecule has 0 saturated carbocycles. The maximum Gasteiger partial charge on any atom is 0.238 e. The maximum absolute atomic E-state index is 12.2. The zero-order chi connectivity index (χ0) is 16.1. The van der Waals surface area contributed by atoms with Gasteiger partial charge in [0.25, 0.3) is 0 Å². The van der Waals surface area contributed by atoms with Crippen LogP contribution in [-0.4, -0.2) is 40.0 Å². The highest BCUT2D eigenvalue weighted by molar-refractivity contribution is 5.92. The Morgan fingerprint density at radius 2 is 2.26 bits per heavy atom. The van der Waals surface area contributed by atoms with Crippen LogP contribution in [0.25, 0.3) is 0 Å². The van der Waals surface area contributed by atoms with Crippen LogP contribution in [0.15, 0.2) is 47.3 Å². The maximum atomic E-state index is 12.2. The Labute approximate surface area is 135 Å². The molecule has 0 spiro atoms. The van der Waals surface area contributed by atoms with Crippen LogP contribution >= 0.6 is 0 Å². The fourth-order valence-corrected chi connectivity index (χ4v) is 3.05. The Bertz CT molecular complexity index is 615. The van der Waals surface area contributed by atoms with Gasteiger partial charge in [-0.25, -0.2) is 0 Å². The summed E-state index contributed by atoms with van der Waals surface area (Å²) in [6.07, 6.45) is 6.84. The van der Waals surface area contributed by atoms with Crippen molar-refractivity contribution in [2.75, 3.05) is 18.4 Å². The number of carbonyl (C=O) groups excluding carboxylic acids is 1. The van der Waals surface area contributed by atoms with E-state index >= 15 is 0 Å². The van der Waals surface area contributed by atoms with E-state index in [0.29, 0.717) is 18.7 Å². The lowest BCUT2D eigenvalue weighted by Gasteiger charge is -2.25. The molecule has 2 atom stereocenters. The molecule has 122 valence electrons. The van der Waals surface area contributed by atoms with Gasteiger partial charge in [0.1, 0.15) is 11.9 Å². The first-order chi connectivity index (χ1) is 11.2. The molecule has 2 aromatic rings. The summed E-state index contributed by atoms with van der Waals surface area (Å²) in [4.78, 5) is 18.2. The lowest BCUT2D eigenvalue weighted by atomic mass is 10.1. The number of aliphatic hydroxyl groups is 1. The Balaban J connectivity index is 1.53. The van der Waals surface area contributed by atoms with Gasteiger partial charge in [0, 0.05) is 24.1 Å². The largest absolute Gasteiger partial charge is 0.467 e. The van der Waals surface area contributed by atoms with Crippen LogP contribution in [0.2, 0.25) is 0 Å². The number of furan rings is 1. The van der Waals surface area contributed by atoms with Gasteiger partial charge in [-0.05, 0) is 50.1 Å². The standard InChI is InChI=1S/C17H21N3O3/c21-15(16-4-2-10-23-16)11-14-3-1-9-20(14)12-17(22)19-13-5-7-18-8-6-13/h2,4-8,10,14-15,21H,1,3,9,11-12H2,(H,18,19,22). The van der Waals surface area contributed by atoms with E-state index in [2.05, 4.69) is 15.2 Å². The summed E-state index contributed by atoms with van der Waals surface area (Å²) >= 11 is 0. The molecule has 6 heteroatoms. The minimum Gasteiger partial charge on any atom is -0.467 e. The van der Waals surface area contributed by atoms with E-state index in [4.69, 9.17) is 4.42 Å². The van der Waals surface area contributed by atoms with Crippen molar-refractivity contribution in [3.63, 3.8) is 0 Å². The summed E-state index contributed by atoms with van der Waals surface area (Å²) in [5.74, 6) is 0.536. The molecule has 1 amide bonds. The number of anilines is 1. The van der Waals surface area contributed by atoms with Crippen molar-refractivity contribution < 1.29 is 14.3 Å². The van der Waals surface area contributed by atoms with Crippen LogP contribution in [0.3, 0.4) is 0 Å². The van der Waals surface area contributed by atoms with Gasteiger partial charge in [-0.1, -0.05) is 0 Å². The van der Waals surface area contributed by atoms with Crippen molar-refractivity contribution in [2.24, 2.45) is 0 Å². The van der Waals surface area contributed by atoms with Gasteiger partial charge in [0.2, 0.25) is 5.91 Å². The molecule has 0 bridgehead atoms. The van der Waals surface area contributed by atoms with Gasteiger partial charge >= 0.3 is 0 Å². The van der Waals surface area contributed by atoms with Crippen molar-refractivity contribution in [3.05, 3.63) is 48.7 Å². The van der Waals surface area contributed by atoms with E-state index in [1.54, 1.807) is 42.9 Å². The Morgan fingerprint density at radius 3 is 3.00 bits per heavy atom. The predicted molar refractivity (Wildman–Crippen MR) is 85.7 cm³/mol. The van der Waals surface area contributed by atoms with E-state index in [9.17, 15) is 9.90 Å². The molecule has 2 N–H and O–H groups in total. The number of carbonyl (C=O) groups is 1. The Morgan fingerprint density at radius 1 is 1.43 bits per heavy atom. The first kappa shape index (κ1) is 15.7. The average Bonchev–Trinajstić information content (AvgIpc) is 3.21. The Hall–Kier alpha value is -2.18. The number of rotatable bonds is 6. The molecule has 0 radical (unpaired) electrons. The first-order valence-electron chi connectivity index (χ1n) is 7.88. The van der Waals surface area contributed by atoms with Gasteiger partial charge < -0.3 is 14.8 Å². The van der Waals surface area contributed by atoms with Crippen LogP contribution in [0.1, 0.15) is 31.1 Å². The quantitative estimate of drug-likeness (QED) is 0.854. The topological polar surface area (TPSA) is 78.6 Å². The minimum absolute atomic E-state index is 0.0458. The van der Waals surface area contributed by atoms with Gasteiger partial charge in [-0.2, -0.15) is 0 Å². The van der Waals surface area contributed by atoms with E-state index < -0.39 is 6.10 Å². The number of nitrogens with zero attached hydrogens (tertiary/aromatic N) is 2. The molecule has 1 aliphatic heterocycles. The number of hydrogen-bond donors (Lipinski definition) is 2. The van der Waals surface area contributed by atoms with E-state index in [1.165, 1.54) is 0 Å². The summed E-state index contributed by atoms with van der Waals surface area (Å²) in [6.45, 7) is 1.21. The SMILES string of the molecule is O=C(CN1CCCC1CC(O)c1ccco1)Nc1ccncc1. The third kappa shape index (κ3) is 4.18. The third-order valence-corrected chi connectivity index (χ3v) is 4.18. The number of pyridine rings is 1. The van der Waals surface area contributed by atoms with E-state index in [0.717, 1.165) is 25.1 Å². The highest BCUT2D eigenvalue weighted by Gasteiger charge is 2.29. The van der Waals surface area contributed by atoms with Crippen molar-refractivity contribution in [3.8, 4) is 0 Å². The molecule has 1 fully saturated rings. The molecule has 1 saturated heterocycles. The fraction of sp³-hybridized carbons (Fsp3) is 0.412. The molecule has 3 rings (SSSR count). The van der Waals surface area contributed by atoms with Gasteiger partial charge in [0.05, 0.1) is 12.8 Å². The average molecular weight is 315 g/mol. The van der Waals surface area contributed by atoms with Gasteiger partial charge in [-0.15, -0.1) is 0 Å². The summed E-state index contributed by atoms with van der Waals surface area (Å²) in [6, 6.07) is 7.27. The summed E-state index contributed by atoms with van der Waals surface area (Å²) in [5, 5.41) is 13.1. The van der Waals surface area contributed by atoms with Crippen LogP contribution in [0.4, 0.5) is 5.69 Å². The Kier molecular flexibility index (Phi) is 5.05. The highest BCUT2D eigenvalue weighted by atomic mass is 16.4. The molecule has 6 nitrogen and oxygen atoms in total. The van der Waals surface area contributed by atoms with Crippen molar-refractivity contribution in [1.82, 2.24) is 9.88 Å². The zero-order valence-corrected chi connectivity index (χ0v) is 12.9. The van der Waals surface area contributed by atoms with Crippen LogP contribution < -0.4 is 5.32 Å². The fourth-order valence-electron chi connectivity index (χ4n) is 3.05. The lowest BCUT2D eigenvalue weighted by Crippen LogP contribution is -2.37. The third-order valence-electron chi connectivity index (χ3n) is 4.18. The summed E-state index contributed by atoms with van der Waals surface area (Å²) < 4.78 is 5.25. The molecule has 23 heavy (non-hydrogen) atoms. The number of amides is 1. The first-order valence-corrected chi connectivity index (χ1v) is 7.88. The van der Waals surface area contributed by atoms with Gasteiger partial charge in [-0.3, -0.25) is 14.7 Å². The van der Waals surface area contributed by atoms with E-state index in [1.807, 2.05) is 0 Å². The van der Waals surface area contributed by atoms with Crippen molar-refractivity contribution >= 4 is 11.6 Å². The highest BCUT2D eigenvalue weighted by Crippen LogP contribution is 2.27. The number of likely N-dealkylation sites (tertiary alicyclic amines) is 1. The lowest BCUT2D eigenvalue weighted by molar-refractivity contribution is -0.117. The van der Waals surface area contributed by atoms with Crippen molar-refractivity contribution in [2.45, 2.75) is 31.4 Å². The van der Waals surface area contributed by atoms with Gasteiger partial charge in [0.15, 0.2) is 0 Å². The monoisotopic (exact) mass is 315 g/mol. The van der Waals surface area contributed by atoms with Crippen LogP contribution in [0, 0.1) is 0 Å². The molecule has 0 aromatic carbocycles. The van der Waals surface area contributed by atoms with Crippen molar-refractivity contribution in [1.29, 1.82) is 0 Å². The second-order valence-electron chi connectivity index (χ2n) is 5.82. The number of aliphatic hydroxyl groups excluding tert-OH is 1. The van der Waals surface area contributed by atoms with Crippen LogP contribution in [0.5, 0.6) is 0 Å². The second-order valence-corrected chi connectivity index (χ2v) is 5.82. The zero-order valence-electron chi connectivity index (χ0n) is 12.9. The molecular formula is C17H21N3O3. The second kappa shape index (κ2) is 7.39. The number of aromatic nitrogens is 1. The molecule has 2 unspecified atom stereocenters. The molecule has 3 heterocycles. The smallest absolute Gasteiger partial charge is 0.238 e. The van der Waals surface area contributed by atoms with Crippen LogP contribution in [-0.2, 0) is 4.79 Å². The molecule has 2 aromatic heterocycles. The minimum atomic E-state index is -0.626. The normalized spacial score (nSPS) is 19.6. The molecular weight excluding hydrogens is 294 g/mol. The summed E-state index contributed by atoms with van der Waals surface area (Å²) in [7, 11) is 0. The molecule has 1 aliphatic rings. The molecule has 0 aliphatic carbocycles. The summed E-state index contributed by atoms with van der Waals surface area (Å²) in [5.41, 5.74) is 0.747. The number of nitrogens with one attached hydrogen (secondary N) is 1. The van der Waals surface area contributed by atoms with E-state index in [-0.39, 0.29) is 11.9 Å².